The predicted octanol–water partition coefficient (Wildman–Crippen LogP) is 2.17. The van der Waals surface area contributed by atoms with Crippen LogP contribution in [0.4, 0.5) is 5.69 Å². The first-order chi connectivity index (χ1) is 9.22. The normalized spacial score (nSPS) is 10.9. The van der Waals surface area contributed by atoms with Gasteiger partial charge in [-0.3, -0.25) is 9.48 Å². The highest BCUT2D eigenvalue weighted by molar-refractivity contribution is 7.27. The fourth-order valence-electron chi connectivity index (χ4n) is 1.75. The molecule has 0 aromatic carbocycles. The number of anilines is 1. The summed E-state index contributed by atoms with van der Waals surface area (Å²) in [6.45, 7) is 1.15. The maximum atomic E-state index is 12.0. The van der Waals surface area contributed by atoms with Gasteiger partial charge >= 0.3 is 0 Å². The third-order valence-corrected chi connectivity index (χ3v) is 4.73. The summed E-state index contributed by atoms with van der Waals surface area (Å²) in [5.41, 5.74) is 6.19. The van der Waals surface area contributed by atoms with Gasteiger partial charge in [0.2, 0.25) is 0 Å². The standard InChI is InChI=1S/C12H12N4OS2/c13-8-6-15-16(7-8)3-2-14-12(17)11-5-10-9(19-11)1-4-18-10/h1,4-7H,2-3,13H2,(H,14,17). The maximum Gasteiger partial charge on any atom is 0.261 e. The third kappa shape index (κ3) is 2.61. The first kappa shape index (κ1) is 12.2. The lowest BCUT2D eigenvalue weighted by atomic mass is 10.4. The van der Waals surface area contributed by atoms with E-state index < -0.39 is 0 Å². The molecule has 19 heavy (non-hydrogen) atoms. The zero-order chi connectivity index (χ0) is 13.2. The average molecular weight is 292 g/mol. The van der Waals surface area contributed by atoms with Gasteiger partial charge in [-0.05, 0) is 17.5 Å². The van der Waals surface area contributed by atoms with Gasteiger partial charge in [0.15, 0.2) is 0 Å². The van der Waals surface area contributed by atoms with E-state index in [9.17, 15) is 4.79 Å². The van der Waals surface area contributed by atoms with Crippen LogP contribution in [0.15, 0.2) is 29.9 Å². The number of nitrogens with one attached hydrogen (secondary N) is 1. The van der Waals surface area contributed by atoms with Gasteiger partial charge in [-0.15, -0.1) is 22.7 Å². The van der Waals surface area contributed by atoms with Gasteiger partial charge in [-0.25, -0.2) is 0 Å². The lowest BCUT2D eigenvalue weighted by molar-refractivity contribution is 0.0956. The lowest BCUT2D eigenvalue weighted by Gasteiger charge is -2.03. The Bertz CT molecular complexity index is 684. The molecular formula is C12H12N4OS2. The van der Waals surface area contributed by atoms with Crippen LogP contribution in [-0.2, 0) is 6.54 Å². The minimum absolute atomic E-state index is 0.0338. The van der Waals surface area contributed by atoms with E-state index in [0.717, 1.165) is 14.3 Å². The van der Waals surface area contributed by atoms with Crippen LogP contribution in [0, 0.1) is 0 Å². The van der Waals surface area contributed by atoms with Crippen LogP contribution in [-0.4, -0.2) is 22.2 Å². The van der Waals surface area contributed by atoms with E-state index in [-0.39, 0.29) is 5.91 Å². The Morgan fingerprint density at radius 3 is 3.11 bits per heavy atom. The summed E-state index contributed by atoms with van der Waals surface area (Å²) in [7, 11) is 0. The van der Waals surface area contributed by atoms with Crippen molar-refractivity contribution in [1.82, 2.24) is 15.1 Å². The van der Waals surface area contributed by atoms with Crippen molar-refractivity contribution in [2.24, 2.45) is 0 Å². The van der Waals surface area contributed by atoms with E-state index in [4.69, 9.17) is 5.73 Å². The Morgan fingerprint density at radius 2 is 2.37 bits per heavy atom. The summed E-state index contributed by atoms with van der Waals surface area (Å²) in [6.07, 6.45) is 3.34. The van der Waals surface area contributed by atoms with Crippen molar-refractivity contribution in [2.75, 3.05) is 12.3 Å². The van der Waals surface area contributed by atoms with E-state index in [1.54, 1.807) is 28.4 Å². The number of nitrogen functional groups attached to an aromatic ring is 1. The number of thiophene rings is 2. The fraction of sp³-hybridized carbons (Fsp3) is 0.167. The molecule has 0 bridgehead atoms. The molecule has 3 heterocycles. The molecule has 0 saturated heterocycles. The zero-order valence-electron chi connectivity index (χ0n) is 10.00. The third-order valence-electron chi connectivity index (χ3n) is 2.64. The molecule has 0 radical (unpaired) electrons. The Morgan fingerprint density at radius 1 is 1.47 bits per heavy atom. The SMILES string of the molecule is Nc1cnn(CCNC(=O)c2cc3sccc3s2)c1. The van der Waals surface area contributed by atoms with Crippen LogP contribution in [0.5, 0.6) is 0 Å². The monoisotopic (exact) mass is 292 g/mol. The Kier molecular flexibility index (Phi) is 3.22. The van der Waals surface area contributed by atoms with Gasteiger partial charge in [0.1, 0.15) is 0 Å². The number of nitrogens with zero attached hydrogens (tertiary/aromatic N) is 2. The van der Waals surface area contributed by atoms with E-state index in [1.165, 1.54) is 11.3 Å². The average Bonchev–Trinajstić information content (AvgIpc) is 3.03. The highest BCUT2D eigenvalue weighted by Gasteiger charge is 2.10. The number of rotatable bonds is 4. The van der Waals surface area contributed by atoms with Crippen LogP contribution >= 0.6 is 22.7 Å². The van der Waals surface area contributed by atoms with Crippen molar-refractivity contribution in [3.05, 3.63) is 34.8 Å². The number of amides is 1. The van der Waals surface area contributed by atoms with Crippen LogP contribution in [0.25, 0.3) is 9.40 Å². The molecule has 3 rings (SSSR count). The first-order valence-corrected chi connectivity index (χ1v) is 7.45. The Labute approximate surface area is 117 Å². The molecule has 5 nitrogen and oxygen atoms in total. The van der Waals surface area contributed by atoms with E-state index >= 15 is 0 Å². The van der Waals surface area contributed by atoms with Gasteiger partial charge in [-0.1, -0.05) is 0 Å². The van der Waals surface area contributed by atoms with Gasteiger partial charge in [0.25, 0.3) is 5.91 Å². The first-order valence-electron chi connectivity index (χ1n) is 5.75. The molecule has 98 valence electrons. The van der Waals surface area contributed by atoms with Crippen molar-refractivity contribution in [1.29, 1.82) is 0 Å². The second kappa shape index (κ2) is 5.02. The number of fused-ring (bicyclic) bond motifs is 1. The van der Waals surface area contributed by atoms with Gasteiger partial charge < -0.3 is 11.1 Å². The number of nitrogens with two attached hydrogens (primary N) is 1. The molecule has 0 aliphatic rings. The number of carbonyl (C=O) groups is 1. The summed E-state index contributed by atoms with van der Waals surface area (Å²) in [5.74, 6) is -0.0338. The molecule has 3 N–H and O–H groups in total. The largest absolute Gasteiger partial charge is 0.396 e. The molecule has 3 aromatic rings. The molecular weight excluding hydrogens is 280 g/mol. The van der Waals surface area contributed by atoms with Crippen molar-refractivity contribution in [3.63, 3.8) is 0 Å². The second-order valence-electron chi connectivity index (χ2n) is 4.05. The molecule has 0 spiro atoms. The summed E-state index contributed by atoms with van der Waals surface area (Å²) in [6, 6.07) is 3.97. The minimum Gasteiger partial charge on any atom is -0.396 e. The quantitative estimate of drug-likeness (QED) is 0.774. The number of hydrogen-bond donors (Lipinski definition) is 2. The Balaban J connectivity index is 1.58. The molecule has 7 heteroatoms. The van der Waals surface area contributed by atoms with E-state index in [2.05, 4.69) is 10.4 Å². The van der Waals surface area contributed by atoms with Gasteiger partial charge in [0, 0.05) is 22.1 Å². The molecule has 0 aliphatic carbocycles. The summed E-state index contributed by atoms with van der Waals surface area (Å²) < 4.78 is 4.03. The minimum atomic E-state index is -0.0338. The molecule has 3 aromatic heterocycles. The van der Waals surface area contributed by atoms with Crippen LogP contribution in [0.3, 0.4) is 0 Å². The molecule has 0 unspecified atom stereocenters. The number of hydrogen-bond acceptors (Lipinski definition) is 5. The smallest absolute Gasteiger partial charge is 0.261 e. The van der Waals surface area contributed by atoms with Crippen molar-refractivity contribution >= 4 is 43.7 Å². The number of aromatic nitrogens is 2. The van der Waals surface area contributed by atoms with E-state index in [0.29, 0.717) is 18.8 Å². The Hall–Kier alpha value is -1.86. The molecule has 0 fully saturated rings. The molecule has 0 saturated carbocycles. The highest BCUT2D eigenvalue weighted by atomic mass is 32.1. The summed E-state index contributed by atoms with van der Waals surface area (Å²) in [4.78, 5) is 12.7. The lowest BCUT2D eigenvalue weighted by Crippen LogP contribution is -2.26. The van der Waals surface area contributed by atoms with Crippen LogP contribution in [0.1, 0.15) is 9.67 Å². The van der Waals surface area contributed by atoms with Gasteiger partial charge in [-0.2, -0.15) is 5.10 Å². The number of carbonyl (C=O) groups excluding carboxylic acids is 1. The summed E-state index contributed by atoms with van der Waals surface area (Å²) in [5, 5.41) is 8.97. The second-order valence-corrected chi connectivity index (χ2v) is 6.08. The maximum absolute atomic E-state index is 12.0. The summed E-state index contributed by atoms with van der Waals surface area (Å²) >= 11 is 3.17. The molecule has 0 aliphatic heterocycles. The van der Waals surface area contributed by atoms with Crippen LogP contribution < -0.4 is 11.1 Å². The fourth-order valence-corrected chi connectivity index (χ4v) is 3.78. The van der Waals surface area contributed by atoms with Crippen molar-refractivity contribution in [3.8, 4) is 0 Å². The molecule has 0 atom stereocenters. The molecule has 1 amide bonds. The van der Waals surface area contributed by atoms with Crippen molar-refractivity contribution in [2.45, 2.75) is 6.54 Å². The highest BCUT2D eigenvalue weighted by Crippen LogP contribution is 2.29. The van der Waals surface area contributed by atoms with Gasteiger partial charge in [0.05, 0.1) is 23.3 Å². The topological polar surface area (TPSA) is 72.9 Å². The predicted molar refractivity (Wildman–Crippen MR) is 78.7 cm³/mol. The van der Waals surface area contributed by atoms with Crippen LogP contribution in [0.2, 0.25) is 0 Å². The zero-order valence-corrected chi connectivity index (χ0v) is 11.6. The van der Waals surface area contributed by atoms with E-state index in [1.807, 2.05) is 17.5 Å². The van der Waals surface area contributed by atoms with Crippen molar-refractivity contribution < 1.29 is 4.79 Å².